The molecule has 0 bridgehead atoms. The minimum atomic E-state index is -1.19. The van der Waals surface area contributed by atoms with E-state index in [1.165, 1.54) is 18.6 Å². The highest BCUT2D eigenvalue weighted by Gasteiger charge is 2.42. The van der Waals surface area contributed by atoms with E-state index in [0.29, 0.717) is 33.3 Å². The van der Waals surface area contributed by atoms with Gasteiger partial charge in [-0.3, -0.25) is 0 Å². The number of benzene rings is 3. The van der Waals surface area contributed by atoms with Gasteiger partial charge in [0.15, 0.2) is 11.6 Å². The molecule has 2 N–H and O–H groups in total. The molecule has 2 aliphatic rings. The fourth-order valence-electron chi connectivity index (χ4n) is 4.92. The van der Waals surface area contributed by atoms with Crippen LogP contribution in [0.25, 0.3) is 0 Å². The Bertz CT molecular complexity index is 1290. The van der Waals surface area contributed by atoms with Crippen molar-refractivity contribution in [2.24, 2.45) is 0 Å². The lowest BCUT2D eigenvalue weighted by molar-refractivity contribution is 0.152. The number of nitrogens with zero attached hydrogens (tertiary/aromatic N) is 1. The number of anilines is 2. The van der Waals surface area contributed by atoms with E-state index in [0.717, 1.165) is 37.8 Å². The summed E-state index contributed by atoms with van der Waals surface area (Å²) in [5.74, 6) is -2.02. The Hall–Kier alpha value is -3.37. The molecule has 1 fully saturated rings. The lowest BCUT2D eigenvalue weighted by Crippen LogP contribution is -2.42. The van der Waals surface area contributed by atoms with Gasteiger partial charge in [0, 0.05) is 29.1 Å². The highest BCUT2D eigenvalue weighted by molar-refractivity contribution is 6.30. The van der Waals surface area contributed by atoms with Gasteiger partial charge in [-0.05, 0) is 61.6 Å². The number of hydrogen-bond donors (Lipinski definition) is 2. The van der Waals surface area contributed by atoms with Crippen molar-refractivity contribution >= 4 is 23.0 Å². The molecule has 35 heavy (non-hydrogen) atoms. The average molecular weight is 498 g/mol. The van der Waals surface area contributed by atoms with Crippen molar-refractivity contribution in [2.75, 3.05) is 10.6 Å². The van der Waals surface area contributed by atoms with Crippen molar-refractivity contribution in [3.63, 3.8) is 0 Å². The van der Waals surface area contributed by atoms with E-state index in [9.17, 15) is 13.2 Å². The van der Waals surface area contributed by atoms with E-state index in [2.05, 4.69) is 10.6 Å². The van der Waals surface area contributed by atoms with Crippen LogP contribution in [0.5, 0.6) is 5.75 Å². The summed E-state index contributed by atoms with van der Waals surface area (Å²) >= 11 is 6.33. The normalized spacial score (nSPS) is 16.7. The number of ether oxygens (including phenoxy) is 1. The van der Waals surface area contributed by atoms with Crippen LogP contribution in [0.4, 0.5) is 24.5 Å². The van der Waals surface area contributed by atoms with Crippen molar-refractivity contribution in [2.45, 2.75) is 50.3 Å². The van der Waals surface area contributed by atoms with E-state index in [1.54, 1.807) is 24.3 Å². The van der Waals surface area contributed by atoms with E-state index >= 15 is 0 Å². The molecule has 0 amide bonds. The average Bonchev–Trinajstić information content (AvgIpc) is 3.19. The predicted octanol–water partition coefficient (Wildman–Crippen LogP) is 7.27. The Balaban J connectivity index is 1.61. The monoisotopic (exact) mass is 497 g/mol. The number of fused-ring (bicyclic) bond motifs is 1. The van der Waals surface area contributed by atoms with Crippen LogP contribution in [0.1, 0.15) is 48.8 Å². The maximum Gasteiger partial charge on any atom is 0.161 e. The van der Waals surface area contributed by atoms with Gasteiger partial charge in [0.2, 0.25) is 0 Å². The van der Waals surface area contributed by atoms with Gasteiger partial charge in [0.1, 0.15) is 17.2 Å². The molecule has 0 unspecified atom stereocenters. The van der Waals surface area contributed by atoms with Crippen LogP contribution in [0.15, 0.2) is 48.5 Å². The van der Waals surface area contributed by atoms with Gasteiger partial charge in [0.25, 0.3) is 0 Å². The highest BCUT2D eigenvalue weighted by atomic mass is 35.5. The maximum absolute atomic E-state index is 15.0. The summed E-state index contributed by atoms with van der Waals surface area (Å²) < 4.78 is 49.5. The Morgan fingerprint density at radius 1 is 0.914 bits per heavy atom. The van der Waals surface area contributed by atoms with Crippen LogP contribution >= 0.6 is 11.6 Å². The van der Waals surface area contributed by atoms with Gasteiger partial charge in [-0.2, -0.15) is 5.26 Å². The molecule has 0 aromatic heterocycles. The second-order valence-corrected chi connectivity index (χ2v) is 9.52. The summed E-state index contributed by atoms with van der Waals surface area (Å²) in [5, 5.41) is 16.1. The topological polar surface area (TPSA) is 57.1 Å². The predicted molar refractivity (Wildman–Crippen MR) is 129 cm³/mol. The zero-order valence-corrected chi connectivity index (χ0v) is 19.6. The summed E-state index contributed by atoms with van der Waals surface area (Å²) in [7, 11) is 0. The first-order valence-corrected chi connectivity index (χ1v) is 12.0. The fraction of sp³-hybridized carbons (Fsp3) is 0.296. The van der Waals surface area contributed by atoms with Crippen LogP contribution in [0, 0.1) is 28.8 Å². The summed E-state index contributed by atoms with van der Waals surface area (Å²) in [6.07, 6.45) is 5.22. The second kappa shape index (κ2) is 9.35. The van der Waals surface area contributed by atoms with Crippen molar-refractivity contribution in [3.05, 3.63) is 87.7 Å². The second-order valence-electron chi connectivity index (χ2n) is 9.08. The molecule has 0 radical (unpaired) electrons. The molecular weight excluding hydrogens is 475 g/mol. The molecule has 1 saturated carbocycles. The molecule has 4 nitrogen and oxygen atoms in total. The van der Waals surface area contributed by atoms with Gasteiger partial charge in [-0.25, -0.2) is 13.2 Å². The Kier molecular flexibility index (Phi) is 6.24. The van der Waals surface area contributed by atoms with Crippen molar-refractivity contribution in [1.82, 2.24) is 0 Å². The number of rotatable bonds is 5. The zero-order chi connectivity index (χ0) is 24.6. The molecule has 3 aromatic rings. The van der Waals surface area contributed by atoms with Crippen LogP contribution in [-0.2, 0) is 12.1 Å². The lowest BCUT2D eigenvalue weighted by atomic mass is 9.90. The standard InChI is InChI=1S/C27H23ClF3N3O/c28-18-8-9-20(26(11-18)35-19-4-2-1-3-5-19)27(14-17-7-6-16(15-32)10-21(17)29)33-24-12-22(30)23(31)13-25(24)34-27/h6-13,19,33-34H,1-5,14H2. The van der Waals surface area contributed by atoms with E-state index in [4.69, 9.17) is 21.6 Å². The van der Waals surface area contributed by atoms with Crippen LogP contribution in [0.3, 0.4) is 0 Å². The Morgan fingerprint density at radius 3 is 2.23 bits per heavy atom. The van der Waals surface area contributed by atoms with E-state index < -0.39 is 23.1 Å². The molecule has 0 saturated heterocycles. The molecule has 1 heterocycles. The van der Waals surface area contributed by atoms with E-state index in [-0.39, 0.29) is 18.1 Å². The molecule has 180 valence electrons. The SMILES string of the molecule is N#Cc1ccc(CC2(c3ccc(Cl)cc3OC3CCCCC3)Nc3cc(F)c(F)cc3N2)c(F)c1. The van der Waals surface area contributed by atoms with Crippen molar-refractivity contribution < 1.29 is 17.9 Å². The molecule has 0 atom stereocenters. The van der Waals surface area contributed by atoms with Crippen LogP contribution in [-0.4, -0.2) is 6.10 Å². The first-order valence-electron chi connectivity index (χ1n) is 11.6. The smallest absolute Gasteiger partial charge is 0.161 e. The van der Waals surface area contributed by atoms with Crippen molar-refractivity contribution in [1.29, 1.82) is 5.26 Å². The molecule has 0 spiro atoms. The van der Waals surface area contributed by atoms with Gasteiger partial charge in [0.05, 0.1) is 29.1 Å². The summed E-state index contributed by atoms with van der Waals surface area (Å²) in [6.45, 7) is 0. The quantitative estimate of drug-likeness (QED) is 0.389. The highest BCUT2D eigenvalue weighted by Crippen LogP contribution is 2.46. The van der Waals surface area contributed by atoms with Gasteiger partial charge >= 0.3 is 0 Å². The van der Waals surface area contributed by atoms with Gasteiger partial charge in [-0.1, -0.05) is 24.1 Å². The number of hydrogen-bond acceptors (Lipinski definition) is 4. The third-order valence-corrected chi connectivity index (χ3v) is 6.88. The number of halogens is 4. The zero-order valence-electron chi connectivity index (χ0n) is 18.8. The molecule has 5 rings (SSSR count). The lowest BCUT2D eigenvalue weighted by Gasteiger charge is -2.35. The minimum absolute atomic E-state index is 0.0170. The minimum Gasteiger partial charge on any atom is -0.490 e. The van der Waals surface area contributed by atoms with E-state index in [1.807, 2.05) is 6.07 Å². The summed E-state index contributed by atoms with van der Waals surface area (Å²) in [5.41, 5.74) is 0.650. The van der Waals surface area contributed by atoms with Gasteiger partial charge in [-0.15, -0.1) is 0 Å². The molecular formula is C27H23ClF3N3O. The fourth-order valence-corrected chi connectivity index (χ4v) is 5.08. The third-order valence-electron chi connectivity index (χ3n) is 6.64. The first-order chi connectivity index (χ1) is 16.9. The first kappa shape index (κ1) is 23.4. The van der Waals surface area contributed by atoms with Crippen molar-refractivity contribution in [3.8, 4) is 11.8 Å². The largest absolute Gasteiger partial charge is 0.490 e. The molecule has 1 aliphatic heterocycles. The summed E-state index contributed by atoms with van der Waals surface area (Å²) in [4.78, 5) is 0. The van der Waals surface area contributed by atoms with Gasteiger partial charge < -0.3 is 15.4 Å². The van der Waals surface area contributed by atoms with Crippen LogP contribution < -0.4 is 15.4 Å². The molecule has 3 aromatic carbocycles. The molecule has 8 heteroatoms. The molecule has 1 aliphatic carbocycles. The summed E-state index contributed by atoms with van der Waals surface area (Å²) in [6, 6.07) is 13.5. The Labute approximate surface area is 206 Å². The number of nitrogens with one attached hydrogen (secondary N) is 2. The maximum atomic E-state index is 15.0. The Morgan fingerprint density at radius 2 is 1.60 bits per heavy atom. The van der Waals surface area contributed by atoms with Crippen LogP contribution in [0.2, 0.25) is 5.02 Å². The number of nitriles is 1. The third kappa shape index (κ3) is 4.63.